The standard InChI is InChI=1S/C18H22/c1-5-15-9-7-13(3)11-17(15)18-12-14(4)8-10-16(18)6-2/h7-12H,5-6H2,1-4H3. The van der Waals surface area contributed by atoms with Gasteiger partial charge in [-0.1, -0.05) is 61.4 Å². The Labute approximate surface area is 111 Å². The van der Waals surface area contributed by atoms with E-state index in [1.807, 2.05) is 0 Å². The lowest BCUT2D eigenvalue weighted by Crippen LogP contribution is -1.94. The van der Waals surface area contributed by atoms with Crippen molar-refractivity contribution in [2.24, 2.45) is 0 Å². The van der Waals surface area contributed by atoms with Gasteiger partial charge < -0.3 is 0 Å². The normalized spacial score (nSPS) is 10.7. The third kappa shape index (κ3) is 2.48. The fourth-order valence-electron chi connectivity index (χ4n) is 2.50. The molecule has 0 aliphatic rings. The summed E-state index contributed by atoms with van der Waals surface area (Å²) in [7, 11) is 0. The zero-order valence-corrected chi connectivity index (χ0v) is 11.9. The van der Waals surface area contributed by atoms with Crippen LogP contribution in [0.25, 0.3) is 11.1 Å². The monoisotopic (exact) mass is 238 g/mol. The van der Waals surface area contributed by atoms with Gasteiger partial charge in [0.1, 0.15) is 0 Å². The Hall–Kier alpha value is -1.56. The summed E-state index contributed by atoms with van der Waals surface area (Å²) in [5.41, 5.74) is 8.40. The van der Waals surface area contributed by atoms with Gasteiger partial charge in [0.2, 0.25) is 0 Å². The van der Waals surface area contributed by atoms with Gasteiger partial charge in [0.15, 0.2) is 0 Å². The average molecular weight is 238 g/mol. The summed E-state index contributed by atoms with van der Waals surface area (Å²) >= 11 is 0. The molecule has 0 nitrogen and oxygen atoms in total. The van der Waals surface area contributed by atoms with E-state index < -0.39 is 0 Å². The largest absolute Gasteiger partial charge is 0.0613 e. The summed E-state index contributed by atoms with van der Waals surface area (Å²) < 4.78 is 0. The molecular formula is C18H22. The minimum Gasteiger partial charge on any atom is -0.0613 e. The van der Waals surface area contributed by atoms with E-state index in [1.54, 1.807) is 0 Å². The molecule has 0 bridgehead atoms. The minimum atomic E-state index is 1.09. The molecule has 0 amide bonds. The van der Waals surface area contributed by atoms with E-state index in [9.17, 15) is 0 Å². The van der Waals surface area contributed by atoms with Crippen molar-refractivity contribution in [1.29, 1.82) is 0 Å². The highest BCUT2D eigenvalue weighted by Crippen LogP contribution is 2.30. The molecule has 0 saturated heterocycles. The van der Waals surface area contributed by atoms with E-state index in [1.165, 1.54) is 33.4 Å². The smallest absolute Gasteiger partial charge is 0.0147 e. The number of benzene rings is 2. The molecule has 18 heavy (non-hydrogen) atoms. The SMILES string of the molecule is CCc1ccc(C)cc1-c1cc(C)ccc1CC. The van der Waals surface area contributed by atoms with Crippen molar-refractivity contribution in [3.05, 3.63) is 58.7 Å². The van der Waals surface area contributed by atoms with Crippen LogP contribution in [-0.4, -0.2) is 0 Å². The van der Waals surface area contributed by atoms with Crippen LogP contribution in [0.2, 0.25) is 0 Å². The van der Waals surface area contributed by atoms with Crippen LogP contribution >= 0.6 is 0 Å². The maximum Gasteiger partial charge on any atom is -0.0147 e. The molecule has 2 rings (SSSR count). The fourth-order valence-corrected chi connectivity index (χ4v) is 2.50. The maximum atomic E-state index is 2.33. The molecule has 2 aromatic rings. The van der Waals surface area contributed by atoms with E-state index in [-0.39, 0.29) is 0 Å². The predicted molar refractivity (Wildman–Crippen MR) is 80.1 cm³/mol. The van der Waals surface area contributed by atoms with Crippen LogP contribution in [-0.2, 0) is 12.8 Å². The lowest BCUT2D eigenvalue weighted by Gasteiger charge is -2.14. The maximum absolute atomic E-state index is 2.33. The first-order chi connectivity index (χ1) is 8.65. The molecule has 0 unspecified atom stereocenters. The van der Waals surface area contributed by atoms with Crippen molar-refractivity contribution in [3.8, 4) is 11.1 Å². The lowest BCUT2D eigenvalue weighted by atomic mass is 9.91. The van der Waals surface area contributed by atoms with Crippen molar-refractivity contribution in [3.63, 3.8) is 0 Å². The van der Waals surface area contributed by atoms with Gasteiger partial charge in [0, 0.05) is 0 Å². The predicted octanol–water partition coefficient (Wildman–Crippen LogP) is 5.10. The Morgan fingerprint density at radius 2 is 1.06 bits per heavy atom. The highest BCUT2D eigenvalue weighted by molar-refractivity contribution is 5.72. The second-order valence-electron chi connectivity index (χ2n) is 5.03. The van der Waals surface area contributed by atoms with E-state index in [4.69, 9.17) is 0 Å². The van der Waals surface area contributed by atoms with Gasteiger partial charge in [0.05, 0.1) is 0 Å². The topological polar surface area (TPSA) is 0 Å². The fraction of sp³-hybridized carbons (Fsp3) is 0.333. The second-order valence-corrected chi connectivity index (χ2v) is 5.03. The van der Waals surface area contributed by atoms with E-state index in [0.717, 1.165) is 12.8 Å². The third-order valence-electron chi connectivity index (χ3n) is 3.58. The second kappa shape index (κ2) is 5.39. The summed E-state index contributed by atoms with van der Waals surface area (Å²) in [6.07, 6.45) is 2.18. The van der Waals surface area contributed by atoms with Gasteiger partial charge in [0.25, 0.3) is 0 Å². The minimum absolute atomic E-state index is 1.09. The first-order valence-corrected chi connectivity index (χ1v) is 6.85. The Kier molecular flexibility index (Phi) is 3.86. The highest BCUT2D eigenvalue weighted by atomic mass is 14.1. The molecule has 94 valence electrons. The third-order valence-corrected chi connectivity index (χ3v) is 3.58. The summed E-state index contributed by atoms with van der Waals surface area (Å²) in [5, 5.41) is 0. The van der Waals surface area contributed by atoms with E-state index in [0.29, 0.717) is 0 Å². The Balaban J connectivity index is 2.67. The summed E-state index contributed by atoms with van der Waals surface area (Å²) in [5.74, 6) is 0. The molecule has 0 aromatic heterocycles. The molecule has 0 N–H and O–H groups in total. The molecule has 0 fully saturated rings. The first-order valence-electron chi connectivity index (χ1n) is 6.85. The van der Waals surface area contributed by atoms with Crippen LogP contribution in [0.5, 0.6) is 0 Å². The number of aryl methyl sites for hydroxylation is 4. The van der Waals surface area contributed by atoms with Gasteiger partial charge in [-0.05, 0) is 48.9 Å². The van der Waals surface area contributed by atoms with Gasteiger partial charge in [-0.3, -0.25) is 0 Å². The molecule has 0 heterocycles. The molecule has 0 atom stereocenters. The van der Waals surface area contributed by atoms with Crippen LogP contribution in [0.4, 0.5) is 0 Å². The van der Waals surface area contributed by atoms with Crippen LogP contribution < -0.4 is 0 Å². The van der Waals surface area contributed by atoms with Crippen LogP contribution in [0.3, 0.4) is 0 Å². The summed E-state index contributed by atoms with van der Waals surface area (Å²) in [6.45, 7) is 8.81. The molecule has 0 heteroatoms. The van der Waals surface area contributed by atoms with Crippen LogP contribution in [0.15, 0.2) is 36.4 Å². The van der Waals surface area contributed by atoms with Crippen molar-refractivity contribution < 1.29 is 0 Å². The highest BCUT2D eigenvalue weighted by Gasteiger charge is 2.08. The zero-order valence-electron chi connectivity index (χ0n) is 11.9. The molecule has 0 radical (unpaired) electrons. The van der Waals surface area contributed by atoms with Crippen molar-refractivity contribution in [1.82, 2.24) is 0 Å². The number of hydrogen-bond donors (Lipinski definition) is 0. The van der Waals surface area contributed by atoms with Gasteiger partial charge in [-0.25, -0.2) is 0 Å². The van der Waals surface area contributed by atoms with Crippen LogP contribution in [0, 0.1) is 13.8 Å². The molecule has 0 aliphatic carbocycles. The molecule has 0 spiro atoms. The summed E-state index contributed by atoms with van der Waals surface area (Å²) in [6, 6.07) is 13.6. The van der Waals surface area contributed by atoms with Crippen molar-refractivity contribution >= 4 is 0 Å². The quantitative estimate of drug-likeness (QED) is 0.698. The average Bonchev–Trinajstić information content (AvgIpc) is 2.38. The van der Waals surface area contributed by atoms with E-state index >= 15 is 0 Å². The number of rotatable bonds is 3. The Morgan fingerprint density at radius 1 is 0.667 bits per heavy atom. The van der Waals surface area contributed by atoms with Crippen molar-refractivity contribution in [2.75, 3.05) is 0 Å². The van der Waals surface area contributed by atoms with Crippen LogP contribution in [0.1, 0.15) is 36.1 Å². The van der Waals surface area contributed by atoms with Gasteiger partial charge >= 0.3 is 0 Å². The number of hydrogen-bond acceptors (Lipinski definition) is 0. The summed E-state index contributed by atoms with van der Waals surface area (Å²) in [4.78, 5) is 0. The van der Waals surface area contributed by atoms with Gasteiger partial charge in [-0.2, -0.15) is 0 Å². The Morgan fingerprint density at radius 3 is 1.39 bits per heavy atom. The molecule has 2 aromatic carbocycles. The molecule has 0 saturated carbocycles. The first kappa shape index (κ1) is 12.9. The zero-order chi connectivity index (χ0) is 13.1. The molecule has 0 aliphatic heterocycles. The molecular weight excluding hydrogens is 216 g/mol. The Bertz CT molecular complexity index is 498. The lowest BCUT2D eigenvalue weighted by molar-refractivity contribution is 1.11. The van der Waals surface area contributed by atoms with E-state index in [2.05, 4.69) is 64.1 Å². The van der Waals surface area contributed by atoms with Gasteiger partial charge in [-0.15, -0.1) is 0 Å². The van der Waals surface area contributed by atoms with Crippen molar-refractivity contribution in [2.45, 2.75) is 40.5 Å².